The van der Waals surface area contributed by atoms with E-state index in [1.54, 1.807) is 12.1 Å². The van der Waals surface area contributed by atoms with Gasteiger partial charge in [0.05, 0.1) is 23.0 Å². The number of para-hydroxylation sites is 1. The van der Waals surface area contributed by atoms with E-state index in [1.165, 1.54) is 30.0 Å². The van der Waals surface area contributed by atoms with Crippen molar-refractivity contribution >= 4 is 33.2 Å². The van der Waals surface area contributed by atoms with Crippen LogP contribution in [0.25, 0.3) is 0 Å². The summed E-state index contributed by atoms with van der Waals surface area (Å²) in [6.07, 6.45) is 1.86. The number of anilines is 2. The SMILES string of the molecule is CSc1ccccc1NS(=O)(=O)c1ccc(C#N)cc1N. The van der Waals surface area contributed by atoms with E-state index in [4.69, 9.17) is 11.0 Å². The van der Waals surface area contributed by atoms with E-state index in [0.717, 1.165) is 4.90 Å². The van der Waals surface area contributed by atoms with Crippen LogP contribution in [0.2, 0.25) is 0 Å². The third-order valence-electron chi connectivity index (χ3n) is 2.78. The summed E-state index contributed by atoms with van der Waals surface area (Å²) in [4.78, 5) is 0.769. The van der Waals surface area contributed by atoms with Gasteiger partial charge >= 0.3 is 0 Å². The quantitative estimate of drug-likeness (QED) is 0.667. The molecule has 0 amide bonds. The number of hydrogen-bond donors (Lipinski definition) is 2. The van der Waals surface area contributed by atoms with Crippen LogP contribution < -0.4 is 10.5 Å². The molecule has 0 atom stereocenters. The Hall–Kier alpha value is -2.17. The second-order valence-electron chi connectivity index (χ2n) is 4.17. The monoisotopic (exact) mass is 319 g/mol. The van der Waals surface area contributed by atoms with Gasteiger partial charge in [0.2, 0.25) is 0 Å². The van der Waals surface area contributed by atoms with E-state index in [0.29, 0.717) is 11.3 Å². The normalized spacial score (nSPS) is 10.9. The van der Waals surface area contributed by atoms with Gasteiger partial charge in [0.15, 0.2) is 0 Å². The molecule has 0 unspecified atom stereocenters. The van der Waals surface area contributed by atoms with Crippen LogP contribution in [-0.2, 0) is 10.0 Å². The van der Waals surface area contributed by atoms with E-state index in [1.807, 2.05) is 24.5 Å². The van der Waals surface area contributed by atoms with Crippen LogP contribution in [-0.4, -0.2) is 14.7 Å². The molecule has 0 radical (unpaired) electrons. The molecule has 0 aliphatic rings. The molecule has 0 fully saturated rings. The Morgan fingerprint density at radius 2 is 1.95 bits per heavy atom. The number of sulfonamides is 1. The zero-order chi connectivity index (χ0) is 15.5. The Balaban J connectivity index is 2.42. The van der Waals surface area contributed by atoms with Gasteiger partial charge in [-0.2, -0.15) is 5.26 Å². The van der Waals surface area contributed by atoms with E-state index >= 15 is 0 Å². The lowest BCUT2D eigenvalue weighted by atomic mass is 10.2. The molecular weight excluding hydrogens is 306 g/mol. The van der Waals surface area contributed by atoms with Crippen LogP contribution in [0.4, 0.5) is 11.4 Å². The summed E-state index contributed by atoms with van der Waals surface area (Å²) in [5.41, 5.74) is 6.59. The molecule has 2 rings (SSSR count). The average Bonchev–Trinajstić information content (AvgIpc) is 2.47. The number of rotatable bonds is 4. The van der Waals surface area contributed by atoms with E-state index < -0.39 is 10.0 Å². The summed E-state index contributed by atoms with van der Waals surface area (Å²) in [6, 6.07) is 13.1. The minimum Gasteiger partial charge on any atom is -0.398 e. The maximum atomic E-state index is 12.4. The number of hydrogen-bond acceptors (Lipinski definition) is 5. The number of nitrogen functional groups attached to an aromatic ring is 1. The Kier molecular flexibility index (Phi) is 4.40. The highest BCUT2D eigenvalue weighted by Gasteiger charge is 2.19. The van der Waals surface area contributed by atoms with Gasteiger partial charge in [0, 0.05) is 4.90 Å². The molecule has 5 nitrogen and oxygen atoms in total. The number of nitriles is 1. The molecule has 0 aliphatic heterocycles. The average molecular weight is 319 g/mol. The number of thioether (sulfide) groups is 1. The topological polar surface area (TPSA) is 96.0 Å². The van der Waals surface area contributed by atoms with Crippen molar-refractivity contribution in [1.82, 2.24) is 0 Å². The first-order valence-corrected chi connectivity index (χ1v) is 8.64. The van der Waals surface area contributed by atoms with Gasteiger partial charge in [-0.3, -0.25) is 4.72 Å². The first-order valence-electron chi connectivity index (χ1n) is 5.93. The molecule has 21 heavy (non-hydrogen) atoms. The second-order valence-corrected chi connectivity index (χ2v) is 6.67. The second kappa shape index (κ2) is 6.08. The molecule has 2 aromatic carbocycles. The molecule has 108 valence electrons. The van der Waals surface area contributed by atoms with Crippen molar-refractivity contribution in [1.29, 1.82) is 5.26 Å². The third kappa shape index (κ3) is 3.29. The number of nitrogens with zero attached hydrogens (tertiary/aromatic N) is 1. The Morgan fingerprint density at radius 1 is 1.24 bits per heavy atom. The minimum atomic E-state index is -3.80. The molecule has 0 aromatic heterocycles. The smallest absolute Gasteiger partial charge is 0.263 e. The van der Waals surface area contributed by atoms with E-state index in [9.17, 15) is 8.42 Å². The summed E-state index contributed by atoms with van der Waals surface area (Å²) < 4.78 is 27.3. The predicted molar refractivity (Wildman–Crippen MR) is 84.6 cm³/mol. The summed E-state index contributed by atoms with van der Waals surface area (Å²) in [5, 5.41) is 8.79. The van der Waals surface area contributed by atoms with Crippen molar-refractivity contribution in [2.24, 2.45) is 0 Å². The predicted octanol–water partition coefficient (Wildman–Crippen LogP) is 2.66. The zero-order valence-corrected chi connectivity index (χ0v) is 12.8. The van der Waals surface area contributed by atoms with Crippen LogP contribution in [0.3, 0.4) is 0 Å². The van der Waals surface area contributed by atoms with Crippen molar-refractivity contribution in [3.63, 3.8) is 0 Å². The molecule has 2 aromatic rings. The lowest BCUT2D eigenvalue weighted by molar-refractivity contribution is 0.601. The van der Waals surface area contributed by atoms with Gasteiger partial charge < -0.3 is 5.73 Å². The lowest BCUT2D eigenvalue weighted by Gasteiger charge is -2.12. The number of nitrogens with one attached hydrogen (secondary N) is 1. The van der Waals surface area contributed by atoms with Gasteiger partial charge in [-0.1, -0.05) is 12.1 Å². The fourth-order valence-electron chi connectivity index (χ4n) is 1.79. The maximum Gasteiger partial charge on any atom is 0.263 e. The highest BCUT2D eigenvalue weighted by atomic mass is 32.2. The molecule has 0 spiro atoms. The van der Waals surface area contributed by atoms with Crippen LogP contribution in [0.1, 0.15) is 5.56 Å². The van der Waals surface area contributed by atoms with Gasteiger partial charge in [0.25, 0.3) is 10.0 Å². The van der Waals surface area contributed by atoms with E-state index in [-0.39, 0.29) is 10.6 Å². The van der Waals surface area contributed by atoms with Crippen LogP contribution in [0.5, 0.6) is 0 Å². The molecule has 7 heteroatoms. The van der Waals surface area contributed by atoms with Crippen LogP contribution in [0.15, 0.2) is 52.3 Å². The van der Waals surface area contributed by atoms with Crippen molar-refractivity contribution in [2.75, 3.05) is 16.7 Å². The van der Waals surface area contributed by atoms with Crippen molar-refractivity contribution in [2.45, 2.75) is 9.79 Å². The first kappa shape index (κ1) is 15.2. The first-order chi connectivity index (χ1) is 9.97. The largest absolute Gasteiger partial charge is 0.398 e. The third-order valence-corrected chi connectivity index (χ3v) is 5.01. The molecule has 0 bridgehead atoms. The summed E-state index contributed by atoms with van der Waals surface area (Å²) >= 11 is 1.44. The Bertz CT molecular complexity index is 811. The fourth-order valence-corrected chi connectivity index (χ4v) is 3.60. The maximum absolute atomic E-state index is 12.4. The fraction of sp³-hybridized carbons (Fsp3) is 0.0714. The molecule has 0 saturated heterocycles. The molecule has 0 saturated carbocycles. The van der Waals surface area contributed by atoms with E-state index in [2.05, 4.69) is 4.72 Å². The highest BCUT2D eigenvalue weighted by molar-refractivity contribution is 7.99. The Morgan fingerprint density at radius 3 is 2.57 bits per heavy atom. The van der Waals surface area contributed by atoms with Gasteiger partial charge in [0.1, 0.15) is 4.90 Å². The van der Waals surface area contributed by atoms with Gasteiger partial charge in [-0.25, -0.2) is 8.42 Å². The van der Waals surface area contributed by atoms with Crippen molar-refractivity contribution < 1.29 is 8.42 Å². The van der Waals surface area contributed by atoms with Gasteiger partial charge in [-0.05, 0) is 36.6 Å². The van der Waals surface area contributed by atoms with Gasteiger partial charge in [-0.15, -0.1) is 11.8 Å². The zero-order valence-electron chi connectivity index (χ0n) is 11.2. The minimum absolute atomic E-state index is 0.0441. The summed E-state index contributed by atoms with van der Waals surface area (Å²) in [5.74, 6) is 0. The molecular formula is C14H13N3O2S2. The lowest BCUT2D eigenvalue weighted by Crippen LogP contribution is -2.15. The number of benzene rings is 2. The molecule has 0 heterocycles. The number of nitrogens with two attached hydrogens (primary N) is 1. The van der Waals surface area contributed by atoms with Crippen LogP contribution >= 0.6 is 11.8 Å². The van der Waals surface area contributed by atoms with Crippen molar-refractivity contribution in [3.8, 4) is 6.07 Å². The molecule has 0 aliphatic carbocycles. The summed E-state index contributed by atoms with van der Waals surface area (Å²) in [6.45, 7) is 0. The highest BCUT2D eigenvalue weighted by Crippen LogP contribution is 2.28. The Labute approximate surface area is 127 Å². The molecule has 3 N–H and O–H groups in total. The standard InChI is InChI=1S/C14H13N3O2S2/c1-20-13-5-3-2-4-12(13)17-21(18,19)14-7-6-10(9-15)8-11(14)16/h2-8,17H,16H2,1H3. The van der Waals surface area contributed by atoms with Crippen molar-refractivity contribution in [3.05, 3.63) is 48.0 Å². The van der Waals surface area contributed by atoms with Crippen LogP contribution in [0, 0.1) is 11.3 Å². The summed E-state index contributed by atoms with van der Waals surface area (Å²) in [7, 11) is -3.80.